The van der Waals surface area contributed by atoms with Gasteiger partial charge in [0.2, 0.25) is 0 Å². The molecule has 0 spiro atoms. The van der Waals surface area contributed by atoms with E-state index in [-0.39, 0.29) is 4.99 Å². The van der Waals surface area contributed by atoms with Gasteiger partial charge in [-0.1, -0.05) is 26.1 Å². The van der Waals surface area contributed by atoms with Crippen LogP contribution in [0.25, 0.3) is 0 Å². The van der Waals surface area contributed by atoms with E-state index in [0.29, 0.717) is 23.5 Å². The SMILES string of the molecule is CC(C)C(C)Nc1nccnc1C(N)=S. The lowest BCUT2D eigenvalue weighted by molar-refractivity contribution is 0.558. The maximum atomic E-state index is 5.56. The van der Waals surface area contributed by atoms with Gasteiger partial charge in [0.15, 0.2) is 5.82 Å². The van der Waals surface area contributed by atoms with Gasteiger partial charge in [0.05, 0.1) is 0 Å². The molecule has 0 saturated carbocycles. The van der Waals surface area contributed by atoms with E-state index in [0.717, 1.165) is 0 Å². The first-order valence-electron chi connectivity index (χ1n) is 4.89. The zero-order chi connectivity index (χ0) is 11.4. The van der Waals surface area contributed by atoms with Gasteiger partial charge in [-0.2, -0.15) is 0 Å². The second kappa shape index (κ2) is 5.02. The average Bonchev–Trinajstić information content (AvgIpc) is 2.18. The average molecular weight is 224 g/mol. The molecule has 0 aliphatic carbocycles. The number of thiocarbonyl (C=S) groups is 1. The molecular formula is C10H16N4S. The van der Waals surface area contributed by atoms with E-state index in [1.54, 1.807) is 12.4 Å². The molecule has 3 N–H and O–H groups in total. The third-order valence-corrected chi connectivity index (χ3v) is 2.49. The van der Waals surface area contributed by atoms with Gasteiger partial charge >= 0.3 is 0 Å². The second-order valence-corrected chi connectivity index (χ2v) is 4.23. The van der Waals surface area contributed by atoms with E-state index < -0.39 is 0 Å². The van der Waals surface area contributed by atoms with Crippen LogP contribution in [-0.4, -0.2) is 21.0 Å². The largest absolute Gasteiger partial charge is 0.388 e. The van der Waals surface area contributed by atoms with E-state index in [4.69, 9.17) is 18.0 Å². The van der Waals surface area contributed by atoms with Crippen molar-refractivity contribution in [3.63, 3.8) is 0 Å². The van der Waals surface area contributed by atoms with Crippen molar-refractivity contribution < 1.29 is 0 Å². The number of nitrogens with one attached hydrogen (secondary N) is 1. The number of anilines is 1. The number of nitrogens with zero attached hydrogens (tertiary/aromatic N) is 2. The molecule has 1 aromatic heterocycles. The van der Waals surface area contributed by atoms with Gasteiger partial charge in [-0.3, -0.25) is 0 Å². The molecule has 0 fully saturated rings. The van der Waals surface area contributed by atoms with Crippen LogP contribution in [0, 0.1) is 5.92 Å². The molecule has 1 heterocycles. The minimum Gasteiger partial charge on any atom is -0.388 e. The van der Waals surface area contributed by atoms with Crippen LogP contribution in [0.1, 0.15) is 26.5 Å². The minimum atomic E-state index is 0.265. The standard InChI is InChI=1S/C10H16N4S/c1-6(2)7(3)14-10-8(9(11)15)12-4-5-13-10/h4-7H,1-3H3,(H2,11,15)(H,13,14). The highest BCUT2D eigenvalue weighted by molar-refractivity contribution is 7.80. The summed E-state index contributed by atoms with van der Waals surface area (Å²) >= 11 is 4.90. The van der Waals surface area contributed by atoms with E-state index in [9.17, 15) is 0 Å². The second-order valence-electron chi connectivity index (χ2n) is 3.79. The fraction of sp³-hybridized carbons (Fsp3) is 0.500. The molecule has 1 rings (SSSR count). The first kappa shape index (κ1) is 11.8. The van der Waals surface area contributed by atoms with Crippen LogP contribution >= 0.6 is 12.2 Å². The lowest BCUT2D eigenvalue weighted by Crippen LogP contribution is -2.25. The normalized spacial score (nSPS) is 12.5. The molecule has 1 unspecified atom stereocenters. The van der Waals surface area contributed by atoms with Gasteiger partial charge in [0.25, 0.3) is 0 Å². The Bertz CT molecular complexity index is 351. The van der Waals surface area contributed by atoms with Crippen LogP contribution < -0.4 is 11.1 Å². The molecule has 0 aromatic carbocycles. The number of nitrogens with two attached hydrogens (primary N) is 1. The van der Waals surface area contributed by atoms with Gasteiger partial charge in [-0.15, -0.1) is 0 Å². The van der Waals surface area contributed by atoms with Crippen molar-refractivity contribution in [2.45, 2.75) is 26.8 Å². The Morgan fingerprint density at radius 2 is 1.93 bits per heavy atom. The Kier molecular flexibility index (Phi) is 3.96. The Morgan fingerprint density at radius 3 is 2.47 bits per heavy atom. The molecule has 0 amide bonds. The number of hydrogen-bond acceptors (Lipinski definition) is 4. The van der Waals surface area contributed by atoms with Crippen molar-refractivity contribution in [1.82, 2.24) is 9.97 Å². The van der Waals surface area contributed by atoms with Crippen molar-refractivity contribution in [1.29, 1.82) is 0 Å². The quantitative estimate of drug-likeness (QED) is 0.760. The number of rotatable bonds is 4. The summed E-state index contributed by atoms with van der Waals surface area (Å²) in [6.07, 6.45) is 3.21. The fourth-order valence-electron chi connectivity index (χ4n) is 1.01. The maximum Gasteiger partial charge on any atom is 0.155 e. The van der Waals surface area contributed by atoms with E-state index >= 15 is 0 Å². The molecule has 0 radical (unpaired) electrons. The highest BCUT2D eigenvalue weighted by Gasteiger charge is 2.12. The van der Waals surface area contributed by atoms with E-state index in [1.807, 2.05) is 0 Å². The van der Waals surface area contributed by atoms with Gasteiger partial charge < -0.3 is 11.1 Å². The lowest BCUT2D eigenvalue weighted by atomic mass is 10.1. The van der Waals surface area contributed by atoms with Crippen LogP contribution in [-0.2, 0) is 0 Å². The Labute approximate surface area is 95.3 Å². The van der Waals surface area contributed by atoms with Crippen molar-refractivity contribution in [2.75, 3.05) is 5.32 Å². The first-order chi connectivity index (χ1) is 7.02. The van der Waals surface area contributed by atoms with Crippen molar-refractivity contribution >= 4 is 23.0 Å². The summed E-state index contributed by atoms with van der Waals surface area (Å²) in [5.41, 5.74) is 6.11. The van der Waals surface area contributed by atoms with Crippen LogP contribution in [0.4, 0.5) is 5.82 Å². The molecule has 82 valence electrons. The highest BCUT2D eigenvalue weighted by atomic mass is 32.1. The summed E-state index contributed by atoms with van der Waals surface area (Å²) in [7, 11) is 0. The highest BCUT2D eigenvalue weighted by Crippen LogP contribution is 2.12. The number of aromatic nitrogens is 2. The molecule has 4 nitrogen and oxygen atoms in total. The third kappa shape index (κ3) is 3.13. The summed E-state index contributed by atoms with van der Waals surface area (Å²) < 4.78 is 0. The first-order valence-corrected chi connectivity index (χ1v) is 5.30. The summed E-state index contributed by atoms with van der Waals surface area (Å²) in [6.45, 7) is 6.35. The molecule has 0 aliphatic heterocycles. The van der Waals surface area contributed by atoms with Crippen LogP contribution in [0.15, 0.2) is 12.4 Å². The van der Waals surface area contributed by atoms with Crippen LogP contribution in [0.3, 0.4) is 0 Å². The molecule has 0 aliphatic rings. The molecule has 15 heavy (non-hydrogen) atoms. The summed E-state index contributed by atoms with van der Waals surface area (Å²) in [5.74, 6) is 1.16. The molecule has 5 heteroatoms. The summed E-state index contributed by atoms with van der Waals surface area (Å²) in [5, 5.41) is 3.25. The van der Waals surface area contributed by atoms with Gasteiger partial charge in [-0.25, -0.2) is 9.97 Å². The lowest BCUT2D eigenvalue weighted by Gasteiger charge is -2.19. The Morgan fingerprint density at radius 1 is 1.33 bits per heavy atom. The molecule has 0 saturated heterocycles. The topological polar surface area (TPSA) is 63.8 Å². The minimum absolute atomic E-state index is 0.265. The maximum absolute atomic E-state index is 5.56. The third-order valence-electron chi connectivity index (χ3n) is 2.30. The number of hydrogen-bond donors (Lipinski definition) is 2. The van der Waals surface area contributed by atoms with E-state index in [2.05, 4.69) is 36.1 Å². The zero-order valence-electron chi connectivity index (χ0n) is 9.19. The summed E-state index contributed by atoms with van der Waals surface area (Å²) in [6, 6.07) is 0.301. The fourth-order valence-corrected chi connectivity index (χ4v) is 1.16. The van der Waals surface area contributed by atoms with Crippen LogP contribution in [0.2, 0.25) is 0 Å². The van der Waals surface area contributed by atoms with Crippen LogP contribution in [0.5, 0.6) is 0 Å². The Hall–Kier alpha value is -1.23. The van der Waals surface area contributed by atoms with Gasteiger partial charge in [0, 0.05) is 18.4 Å². The smallest absolute Gasteiger partial charge is 0.155 e. The predicted octanol–water partition coefficient (Wildman–Crippen LogP) is 1.57. The Balaban J connectivity index is 2.89. The summed E-state index contributed by atoms with van der Waals surface area (Å²) in [4.78, 5) is 8.55. The van der Waals surface area contributed by atoms with Gasteiger partial charge in [-0.05, 0) is 12.8 Å². The van der Waals surface area contributed by atoms with Crippen molar-refractivity contribution in [3.05, 3.63) is 18.1 Å². The molecule has 0 bridgehead atoms. The predicted molar refractivity (Wildman–Crippen MR) is 65.8 cm³/mol. The van der Waals surface area contributed by atoms with Crippen molar-refractivity contribution in [2.24, 2.45) is 11.7 Å². The molecule has 1 aromatic rings. The van der Waals surface area contributed by atoms with Crippen molar-refractivity contribution in [3.8, 4) is 0 Å². The zero-order valence-corrected chi connectivity index (χ0v) is 10.0. The van der Waals surface area contributed by atoms with E-state index in [1.165, 1.54) is 0 Å². The molecule has 1 atom stereocenters. The molecular weight excluding hydrogens is 208 g/mol. The van der Waals surface area contributed by atoms with Gasteiger partial charge in [0.1, 0.15) is 10.7 Å². The monoisotopic (exact) mass is 224 g/mol.